The largest absolute Gasteiger partial charge is 0.330 e. The van der Waals surface area contributed by atoms with Crippen LogP contribution in [0.4, 0.5) is 0 Å². The van der Waals surface area contributed by atoms with Crippen LogP contribution in [-0.4, -0.2) is 22.6 Å². The molecule has 0 aliphatic carbocycles. The average Bonchev–Trinajstić information content (AvgIpc) is 2.78. The summed E-state index contributed by atoms with van der Waals surface area (Å²) >= 11 is 0. The number of hydrogen-bond acceptors (Lipinski definition) is 3. The summed E-state index contributed by atoms with van der Waals surface area (Å²) in [6.07, 6.45) is 5.86. The highest BCUT2D eigenvalue weighted by atomic mass is 15.1. The first-order valence-corrected chi connectivity index (χ1v) is 6.60. The lowest BCUT2D eigenvalue weighted by molar-refractivity contribution is 0.417. The first-order valence-electron chi connectivity index (χ1n) is 6.60. The van der Waals surface area contributed by atoms with Gasteiger partial charge in [-0.05, 0) is 38.6 Å². The molecule has 2 aliphatic heterocycles. The Hall–Kier alpha value is -1.34. The summed E-state index contributed by atoms with van der Waals surface area (Å²) in [6, 6.07) is 2.26. The molecule has 1 fully saturated rings. The molecular weight excluding hydrogens is 212 g/mol. The van der Waals surface area contributed by atoms with Gasteiger partial charge in [0.05, 0.1) is 5.69 Å². The quantitative estimate of drug-likeness (QED) is 0.796. The van der Waals surface area contributed by atoms with Gasteiger partial charge in [-0.25, -0.2) is 4.98 Å². The standard InChI is InChI=1S/C13H18N4/c14-8-11-12-5-1-2-7-17(12)13(16-11)10-4-3-6-15-9-10/h10,15H,1-7,9H2. The van der Waals surface area contributed by atoms with E-state index in [0.29, 0.717) is 11.6 Å². The molecule has 1 atom stereocenters. The number of aromatic nitrogens is 2. The number of nitrogens with one attached hydrogen (secondary N) is 1. The highest BCUT2D eigenvalue weighted by Gasteiger charge is 2.26. The Kier molecular flexibility index (Phi) is 2.86. The van der Waals surface area contributed by atoms with E-state index >= 15 is 0 Å². The topological polar surface area (TPSA) is 53.6 Å². The molecule has 1 aromatic rings. The molecule has 90 valence electrons. The second-order valence-corrected chi connectivity index (χ2v) is 5.03. The molecule has 0 bridgehead atoms. The second-order valence-electron chi connectivity index (χ2n) is 5.03. The Balaban J connectivity index is 1.98. The fourth-order valence-electron chi connectivity index (χ4n) is 3.04. The molecule has 1 saturated heterocycles. The average molecular weight is 230 g/mol. The molecule has 4 heteroatoms. The Bertz CT molecular complexity index is 449. The Labute approximate surface area is 102 Å². The first-order chi connectivity index (χ1) is 8.40. The molecule has 0 radical (unpaired) electrons. The van der Waals surface area contributed by atoms with E-state index in [9.17, 15) is 0 Å². The summed E-state index contributed by atoms with van der Waals surface area (Å²) in [7, 11) is 0. The smallest absolute Gasteiger partial charge is 0.161 e. The van der Waals surface area contributed by atoms with Crippen molar-refractivity contribution in [1.82, 2.24) is 14.9 Å². The van der Waals surface area contributed by atoms with Crippen molar-refractivity contribution in [2.45, 2.75) is 44.6 Å². The van der Waals surface area contributed by atoms with Gasteiger partial charge in [-0.1, -0.05) is 0 Å². The van der Waals surface area contributed by atoms with E-state index in [1.165, 1.54) is 31.4 Å². The fraction of sp³-hybridized carbons (Fsp3) is 0.692. The summed E-state index contributed by atoms with van der Waals surface area (Å²) in [6.45, 7) is 3.19. The van der Waals surface area contributed by atoms with Crippen LogP contribution >= 0.6 is 0 Å². The van der Waals surface area contributed by atoms with Crippen molar-refractivity contribution in [3.05, 3.63) is 17.2 Å². The van der Waals surface area contributed by atoms with Gasteiger partial charge in [-0.2, -0.15) is 5.26 Å². The van der Waals surface area contributed by atoms with Crippen LogP contribution in [0.2, 0.25) is 0 Å². The number of rotatable bonds is 1. The Morgan fingerprint density at radius 1 is 1.35 bits per heavy atom. The van der Waals surface area contributed by atoms with Crippen molar-refractivity contribution >= 4 is 0 Å². The van der Waals surface area contributed by atoms with Gasteiger partial charge in [0.1, 0.15) is 11.9 Å². The molecule has 1 unspecified atom stereocenters. The molecule has 1 N–H and O–H groups in total. The van der Waals surface area contributed by atoms with Crippen molar-refractivity contribution < 1.29 is 0 Å². The monoisotopic (exact) mass is 230 g/mol. The molecular formula is C13H18N4. The van der Waals surface area contributed by atoms with E-state index in [-0.39, 0.29) is 0 Å². The molecule has 0 amide bonds. The molecule has 4 nitrogen and oxygen atoms in total. The van der Waals surface area contributed by atoms with E-state index in [1.807, 2.05) is 0 Å². The van der Waals surface area contributed by atoms with Crippen LogP contribution in [0.25, 0.3) is 0 Å². The van der Waals surface area contributed by atoms with E-state index in [1.54, 1.807) is 0 Å². The van der Waals surface area contributed by atoms with E-state index in [2.05, 4.69) is 20.9 Å². The van der Waals surface area contributed by atoms with E-state index in [4.69, 9.17) is 5.26 Å². The number of hydrogen-bond donors (Lipinski definition) is 1. The summed E-state index contributed by atoms with van der Waals surface area (Å²) in [4.78, 5) is 4.60. The zero-order chi connectivity index (χ0) is 11.7. The van der Waals surface area contributed by atoms with Crippen molar-refractivity contribution in [2.24, 2.45) is 0 Å². The molecule has 0 aromatic carbocycles. The second kappa shape index (κ2) is 4.50. The molecule has 0 saturated carbocycles. The van der Waals surface area contributed by atoms with Gasteiger partial charge < -0.3 is 9.88 Å². The lowest BCUT2D eigenvalue weighted by atomic mass is 9.98. The number of nitriles is 1. The molecule has 3 heterocycles. The minimum Gasteiger partial charge on any atom is -0.330 e. The van der Waals surface area contributed by atoms with Gasteiger partial charge in [0.15, 0.2) is 5.69 Å². The Morgan fingerprint density at radius 2 is 2.29 bits per heavy atom. The molecule has 0 spiro atoms. The summed E-state index contributed by atoms with van der Waals surface area (Å²) < 4.78 is 2.32. The van der Waals surface area contributed by atoms with Crippen LogP contribution < -0.4 is 5.32 Å². The lowest BCUT2D eigenvalue weighted by Crippen LogP contribution is -2.30. The molecule has 1 aromatic heterocycles. The van der Waals surface area contributed by atoms with Crippen LogP contribution in [0.3, 0.4) is 0 Å². The van der Waals surface area contributed by atoms with E-state index in [0.717, 1.165) is 31.9 Å². The van der Waals surface area contributed by atoms with Gasteiger partial charge in [0, 0.05) is 19.0 Å². The van der Waals surface area contributed by atoms with Gasteiger partial charge in [0.25, 0.3) is 0 Å². The summed E-state index contributed by atoms with van der Waals surface area (Å²) in [5, 5.41) is 12.6. The van der Waals surface area contributed by atoms with Gasteiger partial charge in [0.2, 0.25) is 0 Å². The third-order valence-corrected chi connectivity index (χ3v) is 3.92. The lowest BCUT2D eigenvalue weighted by Gasteiger charge is -2.25. The first kappa shape index (κ1) is 10.8. The van der Waals surface area contributed by atoms with Crippen molar-refractivity contribution in [3.63, 3.8) is 0 Å². The minimum atomic E-state index is 0.502. The maximum absolute atomic E-state index is 9.16. The van der Waals surface area contributed by atoms with Gasteiger partial charge in [-0.3, -0.25) is 0 Å². The summed E-state index contributed by atoms with van der Waals surface area (Å²) in [5.74, 6) is 1.66. The maximum atomic E-state index is 9.16. The molecule has 2 aliphatic rings. The number of imidazole rings is 1. The SMILES string of the molecule is N#Cc1nc(C2CCCNC2)n2c1CCCC2. The number of nitrogens with zero attached hydrogens (tertiary/aromatic N) is 3. The van der Waals surface area contributed by atoms with Crippen LogP contribution in [0.15, 0.2) is 0 Å². The van der Waals surface area contributed by atoms with Crippen molar-refractivity contribution in [2.75, 3.05) is 13.1 Å². The van der Waals surface area contributed by atoms with Gasteiger partial charge >= 0.3 is 0 Å². The van der Waals surface area contributed by atoms with Crippen LogP contribution in [0, 0.1) is 11.3 Å². The number of piperidine rings is 1. The zero-order valence-electron chi connectivity index (χ0n) is 10.1. The third-order valence-electron chi connectivity index (χ3n) is 3.92. The van der Waals surface area contributed by atoms with E-state index < -0.39 is 0 Å². The van der Waals surface area contributed by atoms with Crippen molar-refractivity contribution in [1.29, 1.82) is 5.26 Å². The summed E-state index contributed by atoms with van der Waals surface area (Å²) in [5.41, 5.74) is 1.85. The van der Waals surface area contributed by atoms with Crippen LogP contribution in [0.1, 0.15) is 48.8 Å². The maximum Gasteiger partial charge on any atom is 0.161 e. The van der Waals surface area contributed by atoms with Crippen LogP contribution in [0.5, 0.6) is 0 Å². The normalized spacial score (nSPS) is 24.1. The Morgan fingerprint density at radius 3 is 3.06 bits per heavy atom. The number of fused-ring (bicyclic) bond motifs is 1. The third kappa shape index (κ3) is 1.85. The highest BCUT2D eigenvalue weighted by Crippen LogP contribution is 2.28. The predicted molar refractivity (Wildman–Crippen MR) is 64.7 cm³/mol. The van der Waals surface area contributed by atoms with Gasteiger partial charge in [-0.15, -0.1) is 0 Å². The molecule has 17 heavy (non-hydrogen) atoms. The molecule has 3 rings (SSSR count). The predicted octanol–water partition coefficient (Wildman–Crippen LogP) is 1.56. The minimum absolute atomic E-state index is 0.502. The zero-order valence-corrected chi connectivity index (χ0v) is 10.1. The fourth-order valence-corrected chi connectivity index (χ4v) is 3.04. The highest BCUT2D eigenvalue weighted by molar-refractivity contribution is 5.31. The van der Waals surface area contributed by atoms with Crippen LogP contribution in [-0.2, 0) is 13.0 Å². The van der Waals surface area contributed by atoms with Crippen molar-refractivity contribution in [3.8, 4) is 6.07 Å².